The first-order valence-corrected chi connectivity index (χ1v) is 6.46. The molecule has 0 atom stereocenters. The molecule has 19 heavy (non-hydrogen) atoms. The van der Waals surface area contributed by atoms with E-state index in [1.807, 2.05) is 13.8 Å². The summed E-state index contributed by atoms with van der Waals surface area (Å²) in [5.41, 5.74) is 3.23. The molecule has 1 aromatic rings. The van der Waals surface area contributed by atoms with E-state index >= 15 is 0 Å². The standard InChI is InChI=1S/C14H22N2O3/c1-5-9-19-12-8-7-11(10-13(12)18-6-2)14(17)15-16(3)4/h7-8,10H,5-6,9H2,1-4H3,(H,15,17). The van der Waals surface area contributed by atoms with E-state index in [9.17, 15) is 4.79 Å². The molecule has 0 aliphatic heterocycles. The van der Waals surface area contributed by atoms with Gasteiger partial charge < -0.3 is 9.47 Å². The maximum atomic E-state index is 11.9. The summed E-state index contributed by atoms with van der Waals surface area (Å²) >= 11 is 0. The predicted octanol–water partition coefficient (Wildman–Crippen LogP) is 2.08. The van der Waals surface area contributed by atoms with Crippen molar-refractivity contribution < 1.29 is 14.3 Å². The summed E-state index contributed by atoms with van der Waals surface area (Å²) in [6, 6.07) is 5.20. The number of carbonyl (C=O) groups is 1. The highest BCUT2D eigenvalue weighted by Gasteiger charge is 2.11. The van der Waals surface area contributed by atoms with Gasteiger partial charge in [-0.2, -0.15) is 0 Å². The molecular weight excluding hydrogens is 244 g/mol. The van der Waals surface area contributed by atoms with Gasteiger partial charge in [0.05, 0.1) is 13.2 Å². The fourth-order valence-electron chi connectivity index (χ4n) is 1.52. The molecule has 106 valence electrons. The van der Waals surface area contributed by atoms with Crippen LogP contribution in [0.3, 0.4) is 0 Å². The molecule has 1 rings (SSSR count). The second-order valence-electron chi connectivity index (χ2n) is 4.28. The number of hydrogen-bond acceptors (Lipinski definition) is 4. The topological polar surface area (TPSA) is 50.8 Å². The van der Waals surface area contributed by atoms with Crippen LogP contribution in [-0.2, 0) is 0 Å². The molecule has 5 heteroatoms. The Morgan fingerprint density at radius 2 is 1.95 bits per heavy atom. The van der Waals surface area contributed by atoms with Gasteiger partial charge in [-0.25, -0.2) is 5.01 Å². The number of nitrogens with one attached hydrogen (secondary N) is 1. The van der Waals surface area contributed by atoms with Gasteiger partial charge in [-0.05, 0) is 31.5 Å². The molecule has 0 spiro atoms. The van der Waals surface area contributed by atoms with Crippen molar-refractivity contribution in [1.82, 2.24) is 10.4 Å². The van der Waals surface area contributed by atoms with Crippen molar-refractivity contribution in [3.63, 3.8) is 0 Å². The van der Waals surface area contributed by atoms with Crippen LogP contribution in [0.15, 0.2) is 18.2 Å². The fourth-order valence-corrected chi connectivity index (χ4v) is 1.52. The molecule has 1 aromatic carbocycles. The van der Waals surface area contributed by atoms with Crippen LogP contribution in [0.5, 0.6) is 11.5 Å². The van der Waals surface area contributed by atoms with Crippen LogP contribution >= 0.6 is 0 Å². The van der Waals surface area contributed by atoms with E-state index in [1.54, 1.807) is 37.3 Å². The van der Waals surface area contributed by atoms with Crippen LogP contribution in [0, 0.1) is 0 Å². The van der Waals surface area contributed by atoms with Crippen LogP contribution in [0.25, 0.3) is 0 Å². The third-order valence-corrected chi connectivity index (χ3v) is 2.29. The lowest BCUT2D eigenvalue weighted by atomic mass is 10.2. The molecule has 0 bridgehead atoms. The molecule has 0 heterocycles. The number of amides is 1. The summed E-state index contributed by atoms with van der Waals surface area (Å²) in [4.78, 5) is 11.9. The molecule has 0 saturated carbocycles. The first kappa shape index (κ1) is 15.3. The Hall–Kier alpha value is -1.75. The predicted molar refractivity (Wildman–Crippen MR) is 74.6 cm³/mol. The minimum atomic E-state index is -0.173. The Kier molecular flexibility index (Phi) is 6.15. The molecule has 1 N–H and O–H groups in total. The molecule has 1 amide bonds. The van der Waals surface area contributed by atoms with E-state index in [-0.39, 0.29) is 5.91 Å². The second-order valence-corrected chi connectivity index (χ2v) is 4.28. The van der Waals surface area contributed by atoms with Crippen LogP contribution in [0.2, 0.25) is 0 Å². The van der Waals surface area contributed by atoms with Crippen molar-refractivity contribution in [1.29, 1.82) is 0 Å². The van der Waals surface area contributed by atoms with Gasteiger partial charge in [0.15, 0.2) is 11.5 Å². The molecule has 0 radical (unpaired) electrons. The second kappa shape index (κ2) is 7.63. The van der Waals surface area contributed by atoms with Crippen molar-refractivity contribution in [2.45, 2.75) is 20.3 Å². The lowest BCUT2D eigenvalue weighted by Gasteiger charge is -2.15. The van der Waals surface area contributed by atoms with Crippen molar-refractivity contribution in [2.24, 2.45) is 0 Å². The molecule has 0 unspecified atom stereocenters. The Bertz CT molecular complexity index is 419. The maximum absolute atomic E-state index is 11.9. The van der Waals surface area contributed by atoms with Crippen LogP contribution in [0.4, 0.5) is 0 Å². The molecule has 0 saturated heterocycles. The van der Waals surface area contributed by atoms with Gasteiger partial charge in [-0.15, -0.1) is 0 Å². The van der Waals surface area contributed by atoms with E-state index in [0.29, 0.717) is 30.3 Å². The molecular formula is C14H22N2O3. The number of nitrogens with zero attached hydrogens (tertiary/aromatic N) is 1. The highest BCUT2D eigenvalue weighted by atomic mass is 16.5. The van der Waals surface area contributed by atoms with Crippen LogP contribution in [-0.4, -0.2) is 38.2 Å². The van der Waals surface area contributed by atoms with Gasteiger partial charge in [0, 0.05) is 19.7 Å². The van der Waals surface area contributed by atoms with Crippen LogP contribution < -0.4 is 14.9 Å². The summed E-state index contributed by atoms with van der Waals surface area (Å²) in [5, 5.41) is 1.60. The van der Waals surface area contributed by atoms with Gasteiger partial charge >= 0.3 is 0 Å². The maximum Gasteiger partial charge on any atom is 0.265 e. The van der Waals surface area contributed by atoms with Gasteiger partial charge in [0.1, 0.15) is 0 Å². The number of rotatable bonds is 7. The lowest BCUT2D eigenvalue weighted by molar-refractivity contribution is 0.0856. The van der Waals surface area contributed by atoms with E-state index in [2.05, 4.69) is 5.43 Å². The van der Waals surface area contributed by atoms with Gasteiger partial charge in [0.25, 0.3) is 5.91 Å². The number of hydrazine groups is 1. The van der Waals surface area contributed by atoms with Crippen molar-refractivity contribution in [2.75, 3.05) is 27.3 Å². The number of benzene rings is 1. The highest BCUT2D eigenvalue weighted by Crippen LogP contribution is 2.28. The Balaban J connectivity index is 2.91. The summed E-state index contributed by atoms with van der Waals surface area (Å²) in [6.45, 7) is 5.10. The summed E-state index contributed by atoms with van der Waals surface area (Å²) in [5.74, 6) is 1.10. The smallest absolute Gasteiger partial charge is 0.265 e. The van der Waals surface area contributed by atoms with E-state index in [0.717, 1.165) is 6.42 Å². The normalized spacial score (nSPS) is 10.4. The third-order valence-electron chi connectivity index (χ3n) is 2.29. The molecule has 0 aromatic heterocycles. The molecule has 5 nitrogen and oxygen atoms in total. The van der Waals surface area contributed by atoms with Crippen molar-refractivity contribution in [3.05, 3.63) is 23.8 Å². The summed E-state index contributed by atoms with van der Waals surface area (Å²) < 4.78 is 11.1. The monoisotopic (exact) mass is 266 g/mol. The number of ether oxygens (including phenoxy) is 2. The highest BCUT2D eigenvalue weighted by molar-refractivity contribution is 5.94. The number of carbonyl (C=O) groups excluding carboxylic acids is 1. The zero-order valence-corrected chi connectivity index (χ0v) is 12.0. The Morgan fingerprint density at radius 1 is 1.21 bits per heavy atom. The zero-order valence-electron chi connectivity index (χ0n) is 12.0. The molecule has 0 aliphatic rings. The molecule has 0 fully saturated rings. The van der Waals surface area contributed by atoms with Crippen molar-refractivity contribution in [3.8, 4) is 11.5 Å². The van der Waals surface area contributed by atoms with E-state index in [1.165, 1.54) is 0 Å². The first-order chi connectivity index (χ1) is 9.08. The fraction of sp³-hybridized carbons (Fsp3) is 0.500. The molecule has 0 aliphatic carbocycles. The minimum Gasteiger partial charge on any atom is -0.490 e. The summed E-state index contributed by atoms with van der Waals surface area (Å²) in [7, 11) is 3.53. The van der Waals surface area contributed by atoms with Crippen LogP contribution in [0.1, 0.15) is 30.6 Å². The zero-order chi connectivity index (χ0) is 14.3. The Morgan fingerprint density at radius 3 is 2.53 bits per heavy atom. The Labute approximate surface area is 114 Å². The largest absolute Gasteiger partial charge is 0.490 e. The van der Waals surface area contributed by atoms with Crippen molar-refractivity contribution >= 4 is 5.91 Å². The average molecular weight is 266 g/mol. The summed E-state index contributed by atoms with van der Waals surface area (Å²) in [6.07, 6.45) is 0.925. The van der Waals surface area contributed by atoms with E-state index in [4.69, 9.17) is 9.47 Å². The van der Waals surface area contributed by atoms with Gasteiger partial charge in [0.2, 0.25) is 0 Å². The quantitative estimate of drug-likeness (QED) is 0.768. The minimum absolute atomic E-state index is 0.173. The van der Waals surface area contributed by atoms with E-state index < -0.39 is 0 Å². The first-order valence-electron chi connectivity index (χ1n) is 6.46. The van der Waals surface area contributed by atoms with Gasteiger partial charge in [-0.1, -0.05) is 6.92 Å². The third kappa shape index (κ3) is 4.79. The SMILES string of the molecule is CCCOc1ccc(C(=O)NN(C)C)cc1OCC. The average Bonchev–Trinajstić information content (AvgIpc) is 2.36. The van der Waals surface area contributed by atoms with Gasteiger partial charge in [-0.3, -0.25) is 10.2 Å². The lowest BCUT2D eigenvalue weighted by Crippen LogP contribution is -2.36. The number of hydrogen-bond donors (Lipinski definition) is 1.